The molecule has 1 aromatic heterocycles. The molecule has 1 unspecified atom stereocenters. The van der Waals surface area contributed by atoms with Crippen LogP contribution in [-0.2, 0) is 10.0 Å². The zero-order chi connectivity index (χ0) is 23.6. The van der Waals surface area contributed by atoms with Gasteiger partial charge in [0, 0.05) is 31.7 Å². The number of sulfonamides is 1. The van der Waals surface area contributed by atoms with E-state index in [4.69, 9.17) is 9.47 Å². The molecule has 0 saturated carbocycles. The van der Waals surface area contributed by atoms with Crippen molar-refractivity contribution in [3.05, 3.63) is 66.0 Å². The van der Waals surface area contributed by atoms with Gasteiger partial charge in [-0.2, -0.15) is 4.31 Å². The number of piperazine rings is 1. The Balaban J connectivity index is 1.49. The van der Waals surface area contributed by atoms with Gasteiger partial charge in [0.25, 0.3) is 0 Å². The topological polar surface area (TPSA) is 84.9 Å². The smallest absolute Gasteiger partial charge is 0.243 e. The summed E-state index contributed by atoms with van der Waals surface area (Å²) in [5, 5.41) is 0. The number of anilines is 1. The van der Waals surface area contributed by atoms with Crippen molar-refractivity contribution in [3.8, 4) is 17.4 Å². The van der Waals surface area contributed by atoms with Crippen LogP contribution >= 0.6 is 0 Å². The van der Waals surface area contributed by atoms with Crippen LogP contribution in [0.2, 0.25) is 0 Å². The maximum Gasteiger partial charge on any atom is 0.243 e. The third-order valence-corrected chi connectivity index (χ3v) is 7.71. The Labute approximate surface area is 194 Å². The van der Waals surface area contributed by atoms with E-state index < -0.39 is 10.0 Å². The first kappa shape index (κ1) is 23.0. The quantitative estimate of drug-likeness (QED) is 0.544. The second-order valence-corrected chi connectivity index (χ2v) is 10.1. The molecule has 8 nitrogen and oxygen atoms in total. The number of rotatable bonds is 6. The highest BCUT2D eigenvalue weighted by atomic mass is 32.2. The maximum absolute atomic E-state index is 13.1. The average molecular weight is 469 g/mol. The molecule has 9 heteroatoms. The van der Waals surface area contributed by atoms with E-state index in [1.807, 2.05) is 56.0 Å². The Morgan fingerprint density at radius 2 is 1.67 bits per heavy atom. The summed E-state index contributed by atoms with van der Waals surface area (Å²) >= 11 is 0. The number of aryl methyl sites for hydroxylation is 2. The van der Waals surface area contributed by atoms with Crippen LogP contribution in [0.25, 0.3) is 0 Å². The number of aromatic nitrogens is 2. The molecular formula is C24H28N4O4S. The number of nitrogens with zero attached hydrogens (tertiary/aromatic N) is 4. The molecule has 2 aromatic carbocycles. The van der Waals surface area contributed by atoms with Crippen molar-refractivity contribution < 1.29 is 17.9 Å². The van der Waals surface area contributed by atoms with Gasteiger partial charge in [-0.15, -0.1) is 0 Å². The normalized spacial score (nSPS) is 17.1. The molecule has 33 heavy (non-hydrogen) atoms. The summed E-state index contributed by atoms with van der Waals surface area (Å²) in [4.78, 5) is 11.0. The van der Waals surface area contributed by atoms with E-state index in [0.29, 0.717) is 47.7 Å². The number of hydrogen-bond donors (Lipinski definition) is 0. The molecule has 0 radical (unpaired) electrons. The van der Waals surface area contributed by atoms with E-state index >= 15 is 0 Å². The van der Waals surface area contributed by atoms with Crippen molar-refractivity contribution in [3.63, 3.8) is 0 Å². The molecule has 174 valence electrons. The minimum absolute atomic E-state index is 0.221. The lowest BCUT2D eigenvalue weighted by Crippen LogP contribution is -2.54. The maximum atomic E-state index is 13.1. The first-order valence-corrected chi connectivity index (χ1v) is 12.2. The van der Waals surface area contributed by atoms with Crippen molar-refractivity contribution in [1.29, 1.82) is 0 Å². The molecule has 4 rings (SSSR count). The standard InChI is InChI=1S/C24H28N4O4S/c1-17-5-8-20(9-6-17)33(29,30)28-12-11-27(15-19(28)3)23-14-24(26-16-25-23)32-21-10-7-18(2)13-22(21)31-4/h5-10,13-14,16,19H,11-12,15H2,1-4H3. The first-order chi connectivity index (χ1) is 15.8. The van der Waals surface area contributed by atoms with Crippen LogP contribution in [0, 0.1) is 13.8 Å². The zero-order valence-electron chi connectivity index (χ0n) is 19.2. The summed E-state index contributed by atoms with van der Waals surface area (Å²) in [6.45, 7) is 7.22. The molecule has 2 heterocycles. The van der Waals surface area contributed by atoms with Gasteiger partial charge in [-0.25, -0.2) is 18.4 Å². The number of methoxy groups -OCH3 is 1. The van der Waals surface area contributed by atoms with Gasteiger partial charge in [-0.1, -0.05) is 23.8 Å². The third kappa shape index (κ3) is 4.94. The van der Waals surface area contributed by atoms with Crippen LogP contribution in [0.3, 0.4) is 0 Å². The Hall–Kier alpha value is -3.17. The van der Waals surface area contributed by atoms with E-state index in [9.17, 15) is 8.42 Å². The average Bonchev–Trinajstić information content (AvgIpc) is 2.80. The molecular weight excluding hydrogens is 440 g/mol. The van der Waals surface area contributed by atoms with Gasteiger partial charge in [0.1, 0.15) is 12.1 Å². The lowest BCUT2D eigenvalue weighted by molar-refractivity contribution is 0.305. The van der Waals surface area contributed by atoms with Gasteiger partial charge < -0.3 is 14.4 Å². The third-order valence-electron chi connectivity index (χ3n) is 5.68. The molecule has 1 saturated heterocycles. The largest absolute Gasteiger partial charge is 0.493 e. The fourth-order valence-corrected chi connectivity index (χ4v) is 5.50. The number of hydrogen-bond acceptors (Lipinski definition) is 7. The molecule has 0 N–H and O–H groups in total. The van der Waals surface area contributed by atoms with Crippen molar-refractivity contribution >= 4 is 15.8 Å². The van der Waals surface area contributed by atoms with Crippen LogP contribution < -0.4 is 14.4 Å². The van der Waals surface area contributed by atoms with Crippen LogP contribution in [0.5, 0.6) is 17.4 Å². The van der Waals surface area contributed by atoms with Gasteiger partial charge >= 0.3 is 0 Å². The van der Waals surface area contributed by atoms with E-state index in [0.717, 1.165) is 11.1 Å². The zero-order valence-corrected chi connectivity index (χ0v) is 20.0. The highest BCUT2D eigenvalue weighted by Gasteiger charge is 2.34. The van der Waals surface area contributed by atoms with Crippen molar-refractivity contribution in [2.75, 3.05) is 31.6 Å². The van der Waals surface area contributed by atoms with E-state index in [1.165, 1.54) is 6.33 Å². The lowest BCUT2D eigenvalue weighted by Gasteiger charge is -2.39. The summed E-state index contributed by atoms with van der Waals surface area (Å²) in [6.07, 6.45) is 1.45. The molecule has 0 spiro atoms. The highest BCUT2D eigenvalue weighted by Crippen LogP contribution is 2.32. The van der Waals surface area contributed by atoms with Crippen molar-refractivity contribution in [2.24, 2.45) is 0 Å². The molecule has 0 aliphatic carbocycles. The van der Waals surface area contributed by atoms with Gasteiger partial charge in [0.15, 0.2) is 11.5 Å². The Morgan fingerprint density at radius 3 is 2.36 bits per heavy atom. The minimum Gasteiger partial charge on any atom is -0.493 e. The molecule has 0 amide bonds. The van der Waals surface area contributed by atoms with Crippen LogP contribution in [-0.4, -0.2) is 55.5 Å². The second kappa shape index (κ2) is 9.36. The van der Waals surface area contributed by atoms with E-state index in [2.05, 4.69) is 9.97 Å². The van der Waals surface area contributed by atoms with E-state index in [-0.39, 0.29) is 6.04 Å². The van der Waals surface area contributed by atoms with Crippen LogP contribution in [0.15, 0.2) is 59.8 Å². The molecule has 1 fully saturated rings. The Kier molecular flexibility index (Phi) is 6.53. The molecule has 1 aliphatic heterocycles. The fraction of sp³-hybridized carbons (Fsp3) is 0.333. The lowest BCUT2D eigenvalue weighted by atomic mass is 10.2. The number of benzene rings is 2. The highest BCUT2D eigenvalue weighted by molar-refractivity contribution is 7.89. The van der Waals surface area contributed by atoms with Crippen molar-refractivity contribution in [2.45, 2.75) is 31.7 Å². The summed E-state index contributed by atoms with van der Waals surface area (Å²) in [5.41, 5.74) is 2.09. The van der Waals surface area contributed by atoms with Gasteiger partial charge in [0.05, 0.1) is 12.0 Å². The van der Waals surface area contributed by atoms with Crippen LogP contribution in [0.1, 0.15) is 18.1 Å². The van der Waals surface area contributed by atoms with Crippen LogP contribution in [0.4, 0.5) is 5.82 Å². The SMILES string of the molecule is COc1cc(C)ccc1Oc1cc(N2CCN(S(=O)(=O)c3ccc(C)cc3)C(C)C2)ncn1. The molecule has 0 bridgehead atoms. The predicted octanol–water partition coefficient (Wildman–Crippen LogP) is 3.79. The summed E-state index contributed by atoms with van der Waals surface area (Å²) < 4.78 is 39.2. The molecule has 3 aromatic rings. The van der Waals surface area contributed by atoms with Gasteiger partial charge in [-0.3, -0.25) is 0 Å². The van der Waals surface area contributed by atoms with E-state index in [1.54, 1.807) is 29.6 Å². The predicted molar refractivity (Wildman–Crippen MR) is 127 cm³/mol. The molecule has 1 atom stereocenters. The van der Waals surface area contributed by atoms with Gasteiger partial charge in [0.2, 0.25) is 15.9 Å². The minimum atomic E-state index is -3.56. The summed E-state index contributed by atoms with van der Waals surface area (Å²) in [7, 11) is -1.96. The monoisotopic (exact) mass is 468 g/mol. The first-order valence-electron chi connectivity index (χ1n) is 10.8. The van der Waals surface area contributed by atoms with Gasteiger partial charge in [-0.05, 0) is 50.6 Å². The number of ether oxygens (including phenoxy) is 2. The Morgan fingerprint density at radius 1 is 0.939 bits per heavy atom. The summed E-state index contributed by atoms with van der Waals surface area (Å²) in [5.74, 6) is 2.27. The summed E-state index contributed by atoms with van der Waals surface area (Å²) in [6, 6.07) is 14.2. The second-order valence-electron chi connectivity index (χ2n) is 8.19. The molecule has 1 aliphatic rings. The Bertz CT molecular complexity index is 1230. The fourth-order valence-electron chi connectivity index (χ4n) is 3.88. The van der Waals surface area contributed by atoms with Crippen molar-refractivity contribution in [1.82, 2.24) is 14.3 Å².